The van der Waals surface area contributed by atoms with Gasteiger partial charge in [-0.25, -0.2) is 0 Å². The molecule has 0 saturated carbocycles. The van der Waals surface area contributed by atoms with Gasteiger partial charge in [0, 0.05) is 24.0 Å². The molecule has 1 aromatic carbocycles. The van der Waals surface area contributed by atoms with E-state index in [1.807, 2.05) is 12.1 Å². The van der Waals surface area contributed by atoms with Gasteiger partial charge in [-0.2, -0.15) is 17.7 Å². The lowest BCUT2D eigenvalue weighted by molar-refractivity contribution is -0.148. The number of rotatable bonds is 5. The summed E-state index contributed by atoms with van der Waals surface area (Å²) in [5.74, 6) is -2.05. The number of hydrogen-bond donors (Lipinski definition) is 0. The first kappa shape index (κ1) is 22.8. The SMILES string of the molecule is Cc1c(C(=O)COC(=O)C2CCN(c3ccc4nnc(C(F)(F)F)n4n3)CC2)oc2ccccc12. The van der Waals surface area contributed by atoms with Crippen LogP contribution in [0.25, 0.3) is 16.6 Å². The molecule has 9 nitrogen and oxygen atoms in total. The third-order valence-corrected chi connectivity index (χ3v) is 6.10. The van der Waals surface area contributed by atoms with Crippen LogP contribution in [-0.4, -0.2) is 51.3 Å². The highest BCUT2D eigenvalue weighted by Gasteiger charge is 2.38. The van der Waals surface area contributed by atoms with Gasteiger partial charge < -0.3 is 14.1 Å². The van der Waals surface area contributed by atoms with Crippen molar-refractivity contribution in [1.29, 1.82) is 0 Å². The van der Waals surface area contributed by atoms with Gasteiger partial charge in [-0.1, -0.05) is 18.2 Å². The Morgan fingerprint density at radius 2 is 1.86 bits per heavy atom. The number of nitrogens with zero attached hydrogens (tertiary/aromatic N) is 5. The molecular weight excluding hydrogens is 467 g/mol. The zero-order valence-corrected chi connectivity index (χ0v) is 18.6. The van der Waals surface area contributed by atoms with E-state index in [9.17, 15) is 22.8 Å². The maximum absolute atomic E-state index is 13.1. The number of para-hydroxylation sites is 1. The molecule has 0 amide bonds. The van der Waals surface area contributed by atoms with Crippen molar-refractivity contribution in [3.8, 4) is 0 Å². The Balaban J connectivity index is 1.19. The van der Waals surface area contributed by atoms with Crippen LogP contribution in [0, 0.1) is 12.8 Å². The Kier molecular flexibility index (Phi) is 5.65. The summed E-state index contributed by atoms with van der Waals surface area (Å²) in [6.07, 6.45) is -3.87. The Bertz CT molecular complexity index is 1420. The number of alkyl halides is 3. The van der Waals surface area contributed by atoms with Crippen LogP contribution in [0.3, 0.4) is 0 Å². The van der Waals surface area contributed by atoms with Gasteiger partial charge >= 0.3 is 12.1 Å². The van der Waals surface area contributed by atoms with Crippen LogP contribution in [-0.2, 0) is 15.7 Å². The third-order valence-electron chi connectivity index (χ3n) is 6.10. The molecule has 1 saturated heterocycles. The molecule has 0 aliphatic carbocycles. The number of aryl methyl sites for hydroxylation is 1. The number of benzene rings is 1. The number of fused-ring (bicyclic) bond motifs is 2. The molecule has 0 N–H and O–H groups in total. The molecule has 0 atom stereocenters. The van der Waals surface area contributed by atoms with Gasteiger partial charge in [0.1, 0.15) is 11.4 Å². The molecule has 4 heterocycles. The van der Waals surface area contributed by atoms with E-state index in [1.54, 1.807) is 30.0 Å². The molecule has 4 aromatic rings. The molecule has 1 fully saturated rings. The van der Waals surface area contributed by atoms with Crippen LogP contribution < -0.4 is 4.90 Å². The van der Waals surface area contributed by atoms with Crippen LogP contribution in [0.2, 0.25) is 0 Å². The molecule has 3 aromatic heterocycles. The number of Topliss-reactive ketones (excluding diaryl/α,β-unsaturated/α-hetero) is 1. The smallest absolute Gasteiger partial charge is 0.453 e. The quantitative estimate of drug-likeness (QED) is 0.309. The first-order chi connectivity index (χ1) is 16.7. The van der Waals surface area contributed by atoms with Gasteiger partial charge in [-0.15, -0.1) is 15.3 Å². The van der Waals surface area contributed by atoms with E-state index in [0.717, 1.165) is 5.39 Å². The molecule has 1 aliphatic rings. The molecule has 5 rings (SSSR count). The van der Waals surface area contributed by atoms with Gasteiger partial charge in [0.15, 0.2) is 18.0 Å². The Morgan fingerprint density at radius 1 is 1.11 bits per heavy atom. The van der Waals surface area contributed by atoms with E-state index < -0.39 is 36.3 Å². The summed E-state index contributed by atoms with van der Waals surface area (Å²) in [6.45, 7) is 2.13. The van der Waals surface area contributed by atoms with Gasteiger partial charge in [-0.3, -0.25) is 9.59 Å². The second kappa shape index (κ2) is 8.67. The lowest BCUT2D eigenvalue weighted by Crippen LogP contribution is -2.38. The van der Waals surface area contributed by atoms with Crippen LogP contribution in [0.1, 0.15) is 34.8 Å². The molecule has 0 bridgehead atoms. The largest absolute Gasteiger partial charge is 0.457 e. The summed E-state index contributed by atoms with van der Waals surface area (Å²) in [5.41, 5.74) is 1.28. The zero-order valence-electron chi connectivity index (χ0n) is 18.6. The summed E-state index contributed by atoms with van der Waals surface area (Å²) >= 11 is 0. The van der Waals surface area contributed by atoms with Gasteiger partial charge in [0.05, 0.1) is 5.92 Å². The summed E-state index contributed by atoms with van der Waals surface area (Å²) < 4.78 is 50.9. The average Bonchev–Trinajstić information content (AvgIpc) is 3.43. The minimum absolute atomic E-state index is 0.0103. The number of halogens is 3. The molecule has 182 valence electrons. The highest BCUT2D eigenvalue weighted by atomic mass is 19.4. The van der Waals surface area contributed by atoms with Crippen molar-refractivity contribution in [3.63, 3.8) is 0 Å². The van der Waals surface area contributed by atoms with Crippen molar-refractivity contribution < 1.29 is 31.9 Å². The van der Waals surface area contributed by atoms with Crippen molar-refractivity contribution in [2.24, 2.45) is 5.92 Å². The molecule has 0 spiro atoms. The van der Waals surface area contributed by atoms with Crippen molar-refractivity contribution in [3.05, 3.63) is 53.5 Å². The molecule has 0 radical (unpaired) electrons. The van der Waals surface area contributed by atoms with Crippen LogP contribution in [0.15, 0.2) is 40.8 Å². The minimum Gasteiger partial charge on any atom is -0.457 e. The summed E-state index contributed by atoms with van der Waals surface area (Å²) in [4.78, 5) is 26.9. The van der Waals surface area contributed by atoms with E-state index in [2.05, 4.69) is 15.3 Å². The standard InChI is InChI=1S/C23H20F3N5O4/c1-13-15-4-2-3-5-17(15)35-20(13)16(32)12-34-21(33)14-8-10-30(11-9-14)19-7-6-18-27-28-22(23(24,25)26)31(18)29-19/h2-7,14H,8-12H2,1H3. The lowest BCUT2D eigenvalue weighted by atomic mass is 9.97. The number of ketones is 1. The number of carbonyl (C=O) groups excluding carboxylic acids is 2. The third kappa shape index (κ3) is 4.31. The Labute approximate surface area is 196 Å². The fourth-order valence-electron chi connectivity index (χ4n) is 4.23. The van der Waals surface area contributed by atoms with Gasteiger partial charge in [0.2, 0.25) is 5.78 Å². The summed E-state index contributed by atoms with van der Waals surface area (Å²) in [6, 6.07) is 10.2. The number of piperidine rings is 1. The molecule has 0 unspecified atom stereocenters. The van der Waals surface area contributed by atoms with E-state index in [-0.39, 0.29) is 11.4 Å². The number of carbonyl (C=O) groups is 2. The first-order valence-electron chi connectivity index (χ1n) is 10.9. The highest BCUT2D eigenvalue weighted by molar-refractivity contribution is 6.01. The van der Waals surface area contributed by atoms with Crippen LogP contribution >= 0.6 is 0 Å². The summed E-state index contributed by atoms with van der Waals surface area (Å²) in [5, 5.41) is 11.5. The number of ether oxygens (including phenoxy) is 1. The number of aromatic nitrogens is 4. The van der Waals surface area contributed by atoms with E-state index in [0.29, 0.717) is 47.4 Å². The Hall–Kier alpha value is -3.96. The van der Waals surface area contributed by atoms with Crippen molar-refractivity contribution in [1.82, 2.24) is 19.8 Å². The number of furan rings is 1. The van der Waals surface area contributed by atoms with Crippen LogP contribution in [0.5, 0.6) is 0 Å². The average molecular weight is 487 g/mol. The maximum Gasteiger partial charge on any atom is 0.453 e. The monoisotopic (exact) mass is 487 g/mol. The summed E-state index contributed by atoms with van der Waals surface area (Å²) in [7, 11) is 0. The molecule has 12 heteroatoms. The van der Waals surface area contributed by atoms with Gasteiger partial charge in [-0.05, 0) is 38.0 Å². The normalized spacial score (nSPS) is 15.1. The van der Waals surface area contributed by atoms with Crippen molar-refractivity contribution in [2.75, 3.05) is 24.6 Å². The second-order valence-electron chi connectivity index (χ2n) is 8.33. The number of hydrogen-bond acceptors (Lipinski definition) is 8. The fourth-order valence-corrected chi connectivity index (χ4v) is 4.23. The number of esters is 1. The molecular formula is C23H20F3N5O4. The maximum atomic E-state index is 13.1. The minimum atomic E-state index is -4.68. The molecule has 1 aliphatic heterocycles. The Morgan fingerprint density at radius 3 is 2.57 bits per heavy atom. The van der Waals surface area contributed by atoms with E-state index >= 15 is 0 Å². The number of anilines is 1. The lowest BCUT2D eigenvalue weighted by Gasteiger charge is -2.31. The predicted molar refractivity (Wildman–Crippen MR) is 117 cm³/mol. The van der Waals surface area contributed by atoms with E-state index in [4.69, 9.17) is 9.15 Å². The highest BCUT2D eigenvalue weighted by Crippen LogP contribution is 2.29. The fraction of sp³-hybridized carbons (Fsp3) is 0.348. The topological polar surface area (TPSA) is 103 Å². The van der Waals surface area contributed by atoms with Crippen LogP contribution in [0.4, 0.5) is 19.0 Å². The van der Waals surface area contributed by atoms with Crippen molar-refractivity contribution >= 4 is 34.2 Å². The van der Waals surface area contributed by atoms with E-state index in [1.165, 1.54) is 6.07 Å². The molecule has 35 heavy (non-hydrogen) atoms. The zero-order chi connectivity index (χ0) is 24.7. The first-order valence-corrected chi connectivity index (χ1v) is 10.9. The van der Waals surface area contributed by atoms with Crippen molar-refractivity contribution in [2.45, 2.75) is 25.9 Å². The van der Waals surface area contributed by atoms with Gasteiger partial charge in [0.25, 0.3) is 5.82 Å². The second-order valence-corrected chi connectivity index (χ2v) is 8.33. The predicted octanol–water partition coefficient (Wildman–Crippen LogP) is 3.84.